The fraction of sp³-hybridized carbons (Fsp3) is 0.300. The summed E-state index contributed by atoms with van der Waals surface area (Å²) >= 11 is 1.52. The lowest BCUT2D eigenvalue weighted by Crippen LogP contribution is -2.36. The number of hydrogen-bond acceptors (Lipinski definition) is 7. The number of rotatable bonds is 7. The quantitative estimate of drug-likeness (QED) is 0.335. The maximum absolute atomic E-state index is 11.0. The van der Waals surface area contributed by atoms with E-state index in [1.54, 1.807) is 12.1 Å². The summed E-state index contributed by atoms with van der Waals surface area (Å²) in [7, 11) is 0. The summed E-state index contributed by atoms with van der Waals surface area (Å²) in [6.45, 7) is 3.90. The number of ether oxygens (including phenoxy) is 1. The van der Waals surface area contributed by atoms with Crippen LogP contribution in [0.4, 0.5) is 5.69 Å². The Morgan fingerprint density at radius 1 is 1.07 bits per heavy atom. The summed E-state index contributed by atoms with van der Waals surface area (Å²) in [5.74, 6) is 1.45. The Morgan fingerprint density at radius 2 is 1.86 bits per heavy atom. The van der Waals surface area contributed by atoms with Crippen LogP contribution in [0.25, 0.3) is 5.69 Å². The fourth-order valence-corrected chi connectivity index (χ4v) is 4.11. The topological polar surface area (TPSA) is 86.3 Å². The highest BCUT2D eigenvalue weighted by atomic mass is 32.2. The zero-order valence-corrected chi connectivity index (χ0v) is 16.6. The SMILES string of the molecule is O=[N+]([O-])c1cccc(CSc2nnc(CN3CCOCC3)n2-c2ccccc2)c1. The molecule has 0 bridgehead atoms. The summed E-state index contributed by atoms with van der Waals surface area (Å²) in [5, 5.41) is 20.6. The molecule has 150 valence electrons. The molecule has 8 nitrogen and oxygen atoms in total. The lowest BCUT2D eigenvalue weighted by atomic mass is 10.2. The fourth-order valence-electron chi connectivity index (χ4n) is 3.20. The summed E-state index contributed by atoms with van der Waals surface area (Å²) in [5.41, 5.74) is 1.98. The number of benzene rings is 2. The zero-order valence-electron chi connectivity index (χ0n) is 15.8. The number of nitrogens with zero attached hydrogens (tertiary/aromatic N) is 5. The van der Waals surface area contributed by atoms with Crippen LogP contribution in [0, 0.1) is 10.1 Å². The van der Waals surface area contributed by atoms with E-state index < -0.39 is 0 Å². The zero-order chi connectivity index (χ0) is 20.1. The first-order valence-electron chi connectivity index (χ1n) is 9.36. The molecule has 3 aromatic rings. The van der Waals surface area contributed by atoms with E-state index in [1.165, 1.54) is 17.8 Å². The first kappa shape index (κ1) is 19.6. The molecule has 2 aromatic carbocycles. The van der Waals surface area contributed by atoms with Gasteiger partial charge >= 0.3 is 0 Å². The summed E-state index contributed by atoms with van der Waals surface area (Å²) in [6, 6.07) is 16.7. The van der Waals surface area contributed by atoms with Crippen molar-refractivity contribution in [1.29, 1.82) is 0 Å². The van der Waals surface area contributed by atoms with Crippen molar-refractivity contribution in [2.24, 2.45) is 0 Å². The van der Waals surface area contributed by atoms with Crippen molar-refractivity contribution < 1.29 is 9.66 Å². The molecule has 1 fully saturated rings. The molecule has 0 aliphatic carbocycles. The molecule has 1 aliphatic rings. The number of non-ortho nitro benzene ring substituents is 1. The average molecular weight is 411 g/mol. The van der Waals surface area contributed by atoms with Crippen molar-refractivity contribution >= 4 is 17.4 Å². The number of morpholine rings is 1. The van der Waals surface area contributed by atoms with E-state index in [1.807, 2.05) is 36.4 Å². The number of para-hydroxylation sites is 1. The Balaban J connectivity index is 1.57. The van der Waals surface area contributed by atoms with Crippen molar-refractivity contribution in [1.82, 2.24) is 19.7 Å². The molecule has 0 atom stereocenters. The van der Waals surface area contributed by atoms with Gasteiger partial charge in [0.15, 0.2) is 11.0 Å². The van der Waals surface area contributed by atoms with Gasteiger partial charge in [-0.15, -0.1) is 10.2 Å². The second kappa shape index (κ2) is 9.17. The summed E-state index contributed by atoms with van der Waals surface area (Å²) in [4.78, 5) is 13.0. The highest BCUT2D eigenvalue weighted by Gasteiger charge is 2.19. The highest BCUT2D eigenvalue weighted by molar-refractivity contribution is 7.98. The molecule has 4 rings (SSSR count). The molecular weight excluding hydrogens is 390 g/mol. The van der Waals surface area contributed by atoms with Gasteiger partial charge < -0.3 is 4.74 Å². The largest absolute Gasteiger partial charge is 0.379 e. The second-order valence-electron chi connectivity index (χ2n) is 6.67. The van der Waals surface area contributed by atoms with Crippen LogP contribution in [0.3, 0.4) is 0 Å². The van der Waals surface area contributed by atoms with Crippen molar-refractivity contribution in [2.45, 2.75) is 17.5 Å². The van der Waals surface area contributed by atoms with Crippen LogP contribution in [0.5, 0.6) is 0 Å². The van der Waals surface area contributed by atoms with E-state index in [9.17, 15) is 10.1 Å². The number of nitro groups is 1. The predicted molar refractivity (Wildman–Crippen MR) is 110 cm³/mol. The van der Waals surface area contributed by atoms with Gasteiger partial charge in [0.25, 0.3) is 5.69 Å². The third kappa shape index (κ3) is 4.81. The molecule has 0 unspecified atom stereocenters. The van der Waals surface area contributed by atoms with Crippen molar-refractivity contribution in [3.63, 3.8) is 0 Å². The van der Waals surface area contributed by atoms with Gasteiger partial charge in [0.2, 0.25) is 0 Å². The first-order valence-corrected chi connectivity index (χ1v) is 10.4. The van der Waals surface area contributed by atoms with Gasteiger partial charge in [0.05, 0.1) is 24.7 Å². The molecule has 0 radical (unpaired) electrons. The van der Waals surface area contributed by atoms with Crippen molar-refractivity contribution in [3.8, 4) is 5.69 Å². The maximum Gasteiger partial charge on any atom is 0.269 e. The van der Waals surface area contributed by atoms with Crippen LogP contribution in [0.1, 0.15) is 11.4 Å². The van der Waals surface area contributed by atoms with Gasteiger partial charge in [-0.2, -0.15) is 0 Å². The molecule has 9 heteroatoms. The Hall–Kier alpha value is -2.75. The van der Waals surface area contributed by atoms with E-state index in [0.29, 0.717) is 12.3 Å². The summed E-state index contributed by atoms with van der Waals surface area (Å²) < 4.78 is 7.50. The number of hydrogen-bond donors (Lipinski definition) is 0. The molecule has 0 spiro atoms. The molecule has 1 aliphatic heterocycles. The van der Waals surface area contributed by atoms with Crippen LogP contribution in [-0.2, 0) is 17.0 Å². The highest BCUT2D eigenvalue weighted by Crippen LogP contribution is 2.27. The van der Waals surface area contributed by atoms with Crippen LogP contribution in [0.2, 0.25) is 0 Å². The Labute approximate surface area is 172 Å². The normalized spacial score (nSPS) is 14.8. The molecule has 1 saturated heterocycles. The van der Waals surface area contributed by atoms with E-state index in [4.69, 9.17) is 4.74 Å². The molecule has 29 heavy (non-hydrogen) atoms. The Kier molecular flexibility index (Phi) is 6.18. The third-order valence-electron chi connectivity index (χ3n) is 4.67. The number of aromatic nitrogens is 3. The van der Waals surface area contributed by atoms with Crippen LogP contribution in [0.15, 0.2) is 59.8 Å². The minimum Gasteiger partial charge on any atom is -0.379 e. The maximum atomic E-state index is 11.0. The number of thioether (sulfide) groups is 1. The predicted octanol–water partition coefficient (Wildman–Crippen LogP) is 3.30. The molecule has 1 aromatic heterocycles. The van der Waals surface area contributed by atoms with Crippen LogP contribution < -0.4 is 0 Å². The van der Waals surface area contributed by atoms with Crippen molar-refractivity contribution in [2.75, 3.05) is 26.3 Å². The van der Waals surface area contributed by atoms with Gasteiger partial charge in [-0.05, 0) is 17.7 Å². The first-order chi connectivity index (χ1) is 14.2. The van der Waals surface area contributed by atoms with E-state index in [-0.39, 0.29) is 10.6 Å². The van der Waals surface area contributed by atoms with Gasteiger partial charge in [-0.25, -0.2) is 0 Å². The minimum absolute atomic E-state index is 0.0978. The van der Waals surface area contributed by atoms with E-state index in [2.05, 4.69) is 19.7 Å². The van der Waals surface area contributed by atoms with Gasteiger partial charge in [-0.3, -0.25) is 19.6 Å². The minimum atomic E-state index is -0.374. The average Bonchev–Trinajstić information content (AvgIpc) is 3.16. The number of nitro benzene ring substituents is 1. The molecule has 0 amide bonds. The summed E-state index contributed by atoms with van der Waals surface area (Å²) in [6.07, 6.45) is 0. The molecule has 0 saturated carbocycles. The standard InChI is InChI=1S/C20H21N5O3S/c26-25(27)18-8-4-5-16(13-18)15-29-20-22-21-19(14-23-9-11-28-12-10-23)24(20)17-6-2-1-3-7-17/h1-8,13H,9-12,14-15H2. The second-order valence-corrected chi connectivity index (χ2v) is 7.62. The van der Waals surface area contributed by atoms with Crippen molar-refractivity contribution in [3.05, 3.63) is 76.1 Å². The molecule has 0 N–H and O–H groups in total. The van der Waals surface area contributed by atoms with E-state index in [0.717, 1.165) is 48.5 Å². The Bertz CT molecular complexity index is 973. The molecule has 2 heterocycles. The van der Waals surface area contributed by atoms with Crippen LogP contribution in [-0.4, -0.2) is 50.9 Å². The molecular formula is C20H21N5O3S. The van der Waals surface area contributed by atoms with Crippen LogP contribution >= 0.6 is 11.8 Å². The lowest BCUT2D eigenvalue weighted by molar-refractivity contribution is -0.384. The lowest BCUT2D eigenvalue weighted by Gasteiger charge is -2.26. The van der Waals surface area contributed by atoms with Gasteiger partial charge in [-0.1, -0.05) is 42.1 Å². The smallest absolute Gasteiger partial charge is 0.269 e. The van der Waals surface area contributed by atoms with Gasteiger partial charge in [0.1, 0.15) is 0 Å². The Morgan fingerprint density at radius 3 is 2.62 bits per heavy atom. The van der Waals surface area contributed by atoms with E-state index >= 15 is 0 Å². The third-order valence-corrected chi connectivity index (χ3v) is 5.67. The monoisotopic (exact) mass is 411 g/mol. The van der Waals surface area contributed by atoms with Gasteiger partial charge in [0, 0.05) is 36.7 Å².